The molecule has 1 saturated carbocycles. The number of hydrogen-bond acceptors (Lipinski definition) is 19. The highest BCUT2D eigenvalue weighted by Crippen LogP contribution is 2.51. The summed E-state index contributed by atoms with van der Waals surface area (Å²) >= 11 is 0. The number of ketones is 4. The normalized spacial score (nSPS) is 17.8. The van der Waals surface area contributed by atoms with Gasteiger partial charge in [0.05, 0.1) is 93.9 Å². The standard InChI is InChI=1S/C76H116N8O18S/c1-48(2)58(44-56(85)30-36-100-38-40-102-41-39-101-37-35-84-66(89)28-29-67(84)90)73(93)79-60(22-18-33-78-75(77)95)64(88)47-76(31-32-76)55-24-26-57(27-25-55)103(96,97)80-72(92)54(42-53-20-16-15-17-21-53)43-62(86)52(9)71(99-14)61-23-19-34-83(61)68(91)46-65(98-13)70(51(7)8)82(12)74(94)59(49(3)4)45-63(87)69(50(5)6)81(10)11/h15-17,20-21,24-29,48-52,54,58-61,65,69-71H,18-19,22-23,30-47H2,1-14H3,(H,79,93)(H,80,92)(H3,77,78,95)/t52-,54+,58-,59-,60-,61-,65+,69-,70-,71+/m0/s1. The summed E-state index contributed by atoms with van der Waals surface area (Å²) in [5.74, 6) is -7.49. The monoisotopic (exact) mass is 1460 g/mol. The summed E-state index contributed by atoms with van der Waals surface area (Å²) < 4.78 is 59.3. The third-order valence-corrected chi connectivity index (χ3v) is 21.6. The Kier molecular flexibility index (Phi) is 34.9. The van der Waals surface area contributed by atoms with Crippen molar-refractivity contribution in [3.63, 3.8) is 0 Å². The van der Waals surface area contributed by atoms with Gasteiger partial charge >= 0.3 is 6.03 Å². The molecule has 574 valence electrons. The van der Waals surface area contributed by atoms with Crippen LogP contribution in [0.15, 0.2) is 71.6 Å². The van der Waals surface area contributed by atoms with Crippen LogP contribution in [0.5, 0.6) is 0 Å². The van der Waals surface area contributed by atoms with Crippen molar-refractivity contribution in [1.29, 1.82) is 0 Å². The van der Waals surface area contributed by atoms with E-state index in [-0.39, 0.29) is 192 Å². The molecular formula is C76H116N8O18S. The van der Waals surface area contributed by atoms with E-state index in [0.29, 0.717) is 43.4 Å². The van der Waals surface area contributed by atoms with E-state index in [1.165, 1.54) is 38.5 Å². The van der Waals surface area contributed by atoms with Gasteiger partial charge in [-0.1, -0.05) is 105 Å². The van der Waals surface area contributed by atoms with Gasteiger partial charge in [0.1, 0.15) is 11.6 Å². The number of amides is 8. The Labute approximate surface area is 609 Å². The molecule has 2 aliphatic heterocycles. The summed E-state index contributed by atoms with van der Waals surface area (Å²) in [6.45, 7) is 18.9. The fourth-order valence-electron chi connectivity index (χ4n) is 14.3. The van der Waals surface area contributed by atoms with Crippen molar-refractivity contribution in [1.82, 2.24) is 35.0 Å². The second-order valence-corrected chi connectivity index (χ2v) is 31.1. The second-order valence-electron chi connectivity index (χ2n) is 29.4. The van der Waals surface area contributed by atoms with Gasteiger partial charge in [0.2, 0.25) is 23.6 Å². The second kappa shape index (κ2) is 41.5. The Balaban J connectivity index is 1.21. The highest BCUT2D eigenvalue weighted by Gasteiger charge is 2.48. The number of urea groups is 1. The van der Waals surface area contributed by atoms with E-state index in [9.17, 15) is 61.2 Å². The molecule has 5 N–H and O–H groups in total. The molecule has 0 aromatic heterocycles. The van der Waals surface area contributed by atoms with Gasteiger partial charge in [-0.2, -0.15) is 0 Å². The van der Waals surface area contributed by atoms with E-state index in [0.717, 1.165) is 4.90 Å². The first kappa shape index (κ1) is 86.5. The topological polar surface area (TPSA) is 343 Å². The Hall–Kier alpha value is -7.14. The van der Waals surface area contributed by atoms with Gasteiger partial charge in [0.25, 0.3) is 21.8 Å². The maximum Gasteiger partial charge on any atom is 0.312 e. The maximum atomic E-state index is 14.6. The number of ether oxygens (including phenoxy) is 5. The number of likely N-dealkylation sites (N-methyl/N-ethyl adjacent to an activating group) is 2. The predicted octanol–water partition coefficient (Wildman–Crippen LogP) is 6.18. The summed E-state index contributed by atoms with van der Waals surface area (Å²) in [5, 5.41) is 5.42. The number of benzene rings is 2. The predicted molar refractivity (Wildman–Crippen MR) is 387 cm³/mol. The Morgan fingerprint density at radius 1 is 0.680 bits per heavy atom. The Morgan fingerprint density at radius 3 is 1.83 bits per heavy atom. The number of sulfonamides is 1. The maximum absolute atomic E-state index is 14.6. The summed E-state index contributed by atoms with van der Waals surface area (Å²) in [7, 11) is 3.86. The molecule has 27 heteroatoms. The third-order valence-electron chi connectivity index (χ3n) is 20.3. The van der Waals surface area contributed by atoms with Crippen LogP contribution in [0.3, 0.4) is 0 Å². The minimum absolute atomic E-state index is 0.0122. The molecule has 1 saturated heterocycles. The average Bonchev–Trinajstić information content (AvgIpc) is 1.62. The van der Waals surface area contributed by atoms with Crippen molar-refractivity contribution in [2.45, 2.75) is 192 Å². The van der Waals surface area contributed by atoms with Crippen molar-refractivity contribution < 1.29 is 84.8 Å². The van der Waals surface area contributed by atoms with E-state index in [1.807, 2.05) is 60.5 Å². The van der Waals surface area contributed by atoms with Crippen molar-refractivity contribution >= 4 is 74.6 Å². The number of imide groups is 1. The van der Waals surface area contributed by atoms with Crippen LogP contribution in [0.2, 0.25) is 0 Å². The largest absolute Gasteiger partial charge is 0.379 e. The lowest BCUT2D eigenvalue weighted by Gasteiger charge is -2.40. The molecule has 1 aliphatic carbocycles. The van der Waals surface area contributed by atoms with E-state index in [4.69, 9.17) is 29.4 Å². The highest BCUT2D eigenvalue weighted by molar-refractivity contribution is 7.90. The zero-order chi connectivity index (χ0) is 76.5. The summed E-state index contributed by atoms with van der Waals surface area (Å²) in [5.41, 5.74) is 5.96. The number of carbonyl (C=O) groups is 11. The van der Waals surface area contributed by atoms with Crippen LogP contribution in [-0.2, 0) is 93.5 Å². The number of likely N-dealkylation sites (tertiary alicyclic amines) is 1. The van der Waals surface area contributed by atoms with Crippen molar-refractivity contribution in [3.05, 3.63) is 77.9 Å². The van der Waals surface area contributed by atoms with Crippen LogP contribution in [0.25, 0.3) is 0 Å². The molecule has 2 heterocycles. The van der Waals surface area contributed by atoms with Crippen LogP contribution in [0.4, 0.5) is 4.79 Å². The molecule has 2 aromatic carbocycles. The van der Waals surface area contributed by atoms with E-state index in [1.54, 1.807) is 80.1 Å². The molecular weight excluding hydrogens is 1340 g/mol. The SMILES string of the molecule is CO[C@H]([C@@H](C)C(=O)C[C@@H](Cc1ccccc1)C(=O)NS(=O)(=O)c1ccc(C2(CC(=O)[C@H](CCCNC(N)=O)NC(=O)[C@@H](CC(=O)CCOCCOCCOCCN3C(=O)C=CC3=O)C(C)C)CC2)cc1)[C@@H]1CCCN1C(=O)C[C@@H](OC)[C@H](C(C)C)N(C)C(=O)[C@@H](CC(=O)[C@H](C(C)C)N(C)C)C(C)C. The number of carbonyl (C=O) groups excluding carboxylic acids is 11. The van der Waals surface area contributed by atoms with E-state index < -0.39 is 87.3 Å². The molecule has 2 fully saturated rings. The smallest absolute Gasteiger partial charge is 0.312 e. The van der Waals surface area contributed by atoms with Crippen LogP contribution < -0.4 is 21.1 Å². The fraction of sp³-hybridized carbons (Fsp3) is 0.671. The number of primary amides is 1. The Bertz CT molecular complexity index is 3300. The number of rotatable bonds is 49. The zero-order valence-corrected chi connectivity index (χ0v) is 63.9. The van der Waals surface area contributed by atoms with E-state index in [2.05, 4.69) is 15.4 Å². The number of nitrogens with two attached hydrogens (primary N) is 1. The summed E-state index contributed by atoms with van der Waals surface area (Å²) in [6, 6.07) is 11.6. The molecule has 103 heavy (non-hydrogen) atoms. The van der Waals surface area contributed by atoms with Gasteiger partial charge < -0.3 is 49.9 Å². The molecule has 2 aromatic rings. The highest BCUT2D eigenvalue weighted by atomic mass is 32.2. The number of hydrogen-bond donors (Lipinski definition) is 4. The first-order chi connectivity index (χ1) is 48.7. The molecule has 10 atom stereocenters. The number of nitrogens with zero attached hydrogens (tertiary/aromatic N) is 4. The number of nitrogens with one attached hydrogen (secondary N) is 3. The zero-order valence-electron chi connectivity index (χ0n) is 63.1. The number of methoxy groups -OCH3 is 2. The first-order valence-corrected chi connectivity index (χ1v) is 37.9. The first-order valence-electron chi connectivity index (χ1n) is 36.4. The third kappa shape index (κ3) is 25.9. The lowest BCUT2D eigenvalue weighted by molar-refractivity contribution is -0.149. The molecule has 3 aliphatic rings. The minimum Gasteiger partial charge on any atom is -0.379 e. The minimum atomic E-state index is -4.55. The number of Topliss-reactive ketones (excluding diaryl/α,β-unsaturated/α-hetero) is 4. The quantitative estimate of drug-likeness (QED) is 0.0424. The molecule has 8 amide bonds. The lowest BCUT2D eigenvalue weighted by Crippen LogP contribution is -2.54. The molecule has 0 unspecified atom stereocenters. The molecule has 0 bridgehead atoms. The lowest BCUT2D eigenvalue weighted by atomic mass is 9.84. The van der Waals surface area contributed by atoms with E-state index >= 15 is 0 Å². The van der Waals surface area contributed by atoms with Crippen molar-refractivity contribution in [2.75, 3.05) is 94.6 Å². The average molecular weight is 1460 g/mol. The van der Waals surface area contributed by atoms with Gasteiger partial charge in [-0.3, -0.25) is 57.7 Å². The van der Waals surface area contributed by atoms with Crippen LogP contribution >= 0.6 is 0 Å². The molecule has 26 nitrogen and oxygen atoms in total. The van der Waals surface area contributed by atoms with Gasteiger partial charge in [-0.25, -0.2) is 17.9 Å². The van der Waals surface area contributed by atoms with Gasteiger partial charge in [0, 0.05) is 108 Å². The van der Waals surface area contributed by atoms with Gasteiger partial charge in [-0.05, 0) is 106 Å². The van der Waals surface area contributed by atoms with Gasteiger partial charge in [-0.15, -0.1) is 0 Å². The van der Waals surface area contributed by atoms with Gasteiger partial charge in [0.15, 0.2) is 11.6 Å². The molecule has 5 rings (SSSR count). The molecule has 0 radical (unpaired) electrons. The van der Waals surface area contributed by atoms with Crippen LogP contribution in [0.1, 0.15) is 150 Å². The molecule has 0 spiro atoms. The summed E-state index contributed by atoms with van der Waals surface area (Å²) in [4.78, 5) is 155. The van der Waals surface area contributed by atoms with Crippen LogP contribution in [-0.4, -0.2) is 224 Å². The van der Waals surface area contributed by atoms with Crippen LogP contribution in [0, 0.1) is 47.3 Å². The summed E-state index contributed by atoms with van der Waals surface area (Å²) in [6.07, 6.45) is 3.11. The van der Waals surface area contributed by atoms with Crippen molar-refractivity contribution in [2.24, 2.45) is 53.1 Å². The fourth-order valence-corrected chi connectivity index (χ4v) is 15.4. The Morgan fingerprint density at radius 2 is 1.28 bits per heavy atom. The van der Waals surface area contributed by atoms with Crippen molar-refractivity contribution in [3.8, 4) is 0 Å².